The molecule has 0 aliphatic heterocycles. The summed E-state index contributed by atoms with van der Waals surface area (Å²) in [5.74, 6) is 0. The van der Waals surface area contributed by atoms with E-state index in [4.69, 9.17) is 4.74 Å². The fraction of sp³-hybridized carbons (Fsp3) is 0.667. The molecular formula is C15H25BrN2O. The molecule has 0 bridgehead atoms. The molecule has 1 rings (SSSR count). The molecule has 0 saturated heterocycles. The summed E-state index contributed by atoms with van der Waals surface area (Å²) in [6.45, 7) is 7.06. The lowest BCUT2D eigenvalue weighted by molar-refractivity contribution is 0.124. The van der Waals surface area contributed by atoms with E-state index >= 15 is 0 Å². The Morgan fingerprint density at radius 3 is 2.74 bits per heavy atom. The van der Waals surface area contributed by atoms with Gasteiger partial charge in [0.05, 0.1) is 0 Å². The van der Waals surface area contributed by atoms with Crippen molar-refractivity contribution >= 4 is 15.9 Å². The van der Waals surface area contributed by atoms with Crippen molar-refractivity contribution in [2.45, 2.75) is 45.6 Å². The number of rotatable bonds is 10. The van der Waals surface area contributed by atoms with Crippen LogP contribution in [-0.4, -0.2) is 30.8 Å². The molecule has 1 aromatic rings. The van der Waals surface area contributed by atoms with Gasteiger partial charge >= 0.3 is 0 Å². The summed E-state index contributed by atoms with van der Waals surface area (Å²) in [6.07, 6.45) is 6.10. The molecule has 19 heavy (non-hydrogen) atoms. The van der Waals surface area contributed by atoms with Gasteiger partial charge in [-0.2, -0.15) is 0 Å². The second kappa shape index (κ2) is 10.4. The molecule has 3 nitrogen and oxygen atoms in total. The molecule has 0 aromatic carbocycles. The van der Waals surface area contributed by atoms with Gasteiger partial charge in [-0.1, -0.05) is 13.8 Å². The molecule has 0 radical (unpaired) electrons. The summed E-state index contributed by atoms with van der Waals surface area (Å²) >= 11 is 3.41. The van der Waals surface area contributed by atoms with Gasteiger partial charge in [-0.05, 0) is 53.9 Å². The van der Waals surface area contributed by atoms with Crippen LogP contribution in [0.15, 0.2) is 22.8 Å². The van der Waals surface area contributed by atoms with Crippen LogP contribution in [-0.2, 0) is 11.2 Å². The summed E-state index contributed by atoms with van der Waals surface area (Å²) in [7, 11) is 0. The number of aromatic nitrogens is 1. The molecule has 0 aliphatic carbocycles. The number of nitrogens with zero attached hydrogens (tertiary/aromatic N) is 1. The highest BCUT2D eigenvalue weighted by atomic mass is 79.9. The van der Waals surface area contributed by atoms with Crippen LogP contribution in [0.3, 0.4) is 0 Å². The average molecular weight is 329 g/mol. The highest BCUT2D eigenvalue weighted by molar-refractivity contribution is 9.10. The molecular weight excluding hydrogens is 304 g/mol. The van der Waals surface area contributed by atoms with E-state index in [-0.39, 0.29) is 0 Å². The molecule has 0 aliphatic rings. The normalized spacial score (nSPS) is 12.6. The zero-order valence-corrected chi connectivity index (χ0v) is 13.6. The van der Waals surface area contributed by atoms with Gasteiger partial charge in [0.2, 0.25) is 0 Å². The number of hydrogen-bond acceptors (Lipinski definition) is 3. The largest absolute Gasteiger partial charge is 0.381 e. The Morgan fingerprint density at radius 2 is 2.11 bits per heavy atom. The van der Waals surface area contributed by atoms with Crippen molar-refractivity contribution in [2.24, 2.45) is 0 Å². The van der Waals surface area contributed by atoms with E-state index in [0.29, 0.717) is 6.04 Å². The third-order valence-corrected chi connectivity index (χ3v) is 3.36. The van der Waals surface area contributed by atoms with Crippen molar-refractivity contribution in [3.63, 3.8) is 0 Å². The fourth-order valence-electron chi connectivity index (χ4n) is 1.88. The second-order valence-electron chi connectivity index (χ2n) is 4.72. The first-order chi connectivity index (χ1) is 9.26. The molecule has 1 aromatic heterocycles. The lowest BCUT2D eigenvalue weighted by atomic mass is 10.1. The molecule has 1 heterocycles. The minimum atomic E-state index is 0.450. The van der Waals surface area contributed by atoms with Crippen LogP contribution in [0, 0.1) is 0 Å². The van der Waals surface area contributed by atoms with Gasteiger partial charge in [0, 0.05) is 42.0 Å². The quantitative estimate of drug-likeness (QED) is 0.667. The number of ether oxygens (including phenoxy) is 1. The Bertz CT molecular complexity index is 329. The zero-order chi connectivity index (χ0) is 13.9. The van der Waals surface area contributed by atoms with Crippen LogP contribution in [0.4, 0.5) is 0 Å². The van der Waals surface area contributed by atoms with E-state index in [9.17, 15) is 0 Å². The van der Waals surface area contributed by atoms with Crippen LogP contribution >= 0.6 is 15.9 Å². The summed E-state index contributed by atoms with van der Waals surface area (Å²) in [5, 5.41) is 3.58. The number of nitrogens with one attached hydrogen (secondary N) is 1. The molecule has 0 amide bonds. The number of hydrogen-bond donors (Lipinski definition) is 1. The summed E-state index contributed by atoms with van der Waals surface area (Å²) < 4.78 is 6.61. The van der Waals surface area contributed by atoms with Crippen LogP contribution < -0.4 is 5.32 Å². The van der Waals surface area contributed by atoms with Gasteiger partial charge in [-0.3, -0.25) is 4.98 Å². The molecule has 1 unspecified atom stereocenters. The first-order valence-electron chi connectivity index (χ1n) is 7.17. The maximum Gasteiger partial charge on any atom is 0.0480 e. The Hall–Kier alpha value is -0.450. The Labute approximate surface area is 125 Å². The Balaban J connectivity index is 2.41. The minimum absolute atomic E-state index is 0.450. The lowest BCUT2D eigenvalue weighted by Crippen LogP contribution is -2.33. The molecule has 0 saturated carbocycles. The fourth-order valence-corrected chi connectivity index (χ4v) is 2.11. The topological polar surface area (TPSA) is 34.1 Å². The van der Waals surface area contributed by atoms with Crippen molar-refractivity contribution in [3.05, 3.63) is 28.5 Å². The van der Waals surface area contributed by atoms with Crippen molar-refractivity contribution in [2.75, 3.05) is 19.8 Å². The van der Waals surface area contributed by atoms with Gasteiger partial charge in [0.1, 0.15) is 0 Å². The SMILES string of the molecule is CCCNC(CCOCCC)Cc1ccc(Br)cn1. The number of pyridine rings is 1. The van der Waals surface area contributed by atoms with Crippen molar-refractivity contribution in [1.82, 2.24) is 10.3 Å². The maximum absolute atomic E-state index is 5.58. The van der Waals surface area contributed by atoms with Crippen LogP contribution in [0.2, 0.25) is 0 Å². The third kappa shape index (κ3) is 7.65. The van der Waals surface area contributed by atoms with Gasteiger partial charge in [0.15, 0.2) is 0 Å². The third-order valence-electron chi connectivity index (χ3n) is 2.89. The zero-order valence-electron chi connectivity index (χ0n) is 12.0. The standard InChI is InChI=1S/C15H25BrN2O/c1-3-8-17-15(7-10-19-9-4-2)11-14-6-5-13(16)12-18-14/h5-6,12,15,17H,3-4,7-11H2,1-2H3. The lowest BCUT2D eigenvalue weighted by Gasteiger charge is -2.18. The van der Waals surface area contributed by atoms with E-state index in [1.807, 2.05) is 12.3 Å². The molecule has 4 heteroatoms. The maximum atomic E-state index is 5.58. The molecule has 0 fully saturated rings. The van der Waals surface area contributed by atoms with E-state index < -0.39 is 0 Å². The number of halogens is 1. The Kier molecular flexibility index (Phi) is 9.05. The molecule has 0 spiro atoms. The van der Waals surface area contributed by atoms with Crippen molar-refractivity contribution in [3.8, 4) is 0 Å². The first kappa shape index (κ1) is 16.6. The van der Waals surface area contributed by atoms with Gasteiger partial charge in [0.25, 0.3) is 0 Å². The Morgan fingerprint density at radius 1 is 1.26 bits per heavy atom. The summed E-state index contributed by atoms with van der Waals surface area (Å²) in [6, 6.07) is 4.58. The second-order valence-corrected chi connectivity index (χ2v) is 5.64. The summed E-state index contributed by atoms with van der Waals surface area (Å²) in [5.41, 5.74) is 1.13. The molecule has 1 N–H and O–H groups in total. The summed E-state index contributed by atoms with van der Waals surface area (Å²) in [4.78, 5) is 4.44. The van der Waals surface area contributed by atoms with Gasteiger partial charge < -0.3 is 10.1 Å². The van der Waals surface area contributed by atoms with E-state index in [2.05, 4.69) is 46.1 Å². The van der Waals surface area contributed by atoms with Crippen molar-refractivity contribution in [1.29, 1.82) is 0 Å². The predicted octanol–water partition coefficient (Wildman–Crippen LogP) is 3.57. The van der Waals surface area contributed by atoms with E-state index in [1.54, 1.807) is 0 Å². The predicted molar refractivity (Wildman–Crippen MR) is 83.4 cm³/mol. The molecule has 108 valence electrons. The van der Waals surface area contributed by atoms with E-state index in [1.165, 1.54) is 0 Å². The van der Waals surface area contributed by atoms with Crippen molar-refractivity contribution < 1.29 is 4.74 Å². The monoisotopic (exact) mass is 328 g/mol. The molecule has 1 atom stereocenters. The van der Waals surface area contributed by atoms with Crippen LogP contribution in [0.1, 0.15) is 38.8 Å². The highest BCUT2D eigenvalue weighted by Crippen LogP contribution is 2.10. The first-order valence-corrected chi connectivity index (χ1v) is 7.97. The van der Waals surface area contributed by atoms with Crippen LogP contribution in [0.25, 0.3) is 0 Å². The highest BCUT2D eigenvalue weighted by Gasteiger charge is 2.09. The smallest absolute Gasteiger partial charge is 0.0480 e. The van der Waals surface area contributed by atoms with Gasteiger partial charge in [-0.15, -0.1) is 0 Å². The van der Waals surface area contributed by atoms with E-state index in [0.717, 1.165) is 55.6 Å². The van der Waals surface area contributed by atoms with Crippen LogP contribution in [0.5, 0.6) is 0 Å². The minimum Gasteiger partial charge on any atom is -0.381 e. The average Bonchev–Trinajstić information content (AvgIpc) is 2.43. The van der Waals surface area contributed by atoms with Gasteiger partial charge in [-0.25, -0.2) is 0 Å².